The van der Waals surface area contributed by atoms with Gasteiger partial charge >= 0.3 is 0 Å². The van der Waals surface area contributed by atoms with Gasteiger partial charge in [-0.1, -0.05) is 0 Å². The Hall–Kier alpha value is -1.29. The molecule has 0 saturated carbocycles. The number of pyridine rings is 1. The molecule has 4 nitrogen and oxygen atoms in total. The van der Waals surface area contributed by atoms with E-state index in [2.05, 4.69) is 0 Å². The Morgan fingerprint density at radius 2 is 2.27 bits per heavy atom. The SMILES string of the molecule is Cc1cc(NO)cn(C)c1=O. The summed E-state index contributed by atoms with van der Waals surface area (Å²) in [5, 5.41) is 8.51. The van der Waals surface area contributed by atoms with Crippen molar-refractivity contribution in [3.8, 4) is 0 Å². The molecule has 11 heavy (non-hydrogen) atoms. The summed E-state index contributed by atoms with van der Waals surface area (Å²) in [7, 11) is 1.64. The Kier molecular flexibility index (Phi) is 1.96. The fraction of sp³-hybridized carbons (Fsp3) is 0.286. The fourth-order valence-electron chi connectivity index (χ4n) is 0.939. The van der Waals surface area contributed by atoms with Gasteiger partial charge in [-0.2, -0.15) is 0 Å². The summed E-state index contributed by atoms with van der Waals surface area (Å²) in [4.78, 5) is 11.1. The molecule has 0 radical (unpaired) electrons. The molecule has 0 aliphatic rings. The lowest BCUT2D eigenvalue weighted by molar-refractivity contribution is 0.388. The summed E-state index contributed by atoms with van der Waals surface area (Å²) < 4.78 is 1.41. The van der Waals surface area contributed by atoms with Crippen LogP contribution in [0.3, 0.4) is 0 Å². The van der Waals surface area contributed by atoms with Crippen molar-refractivity contribution in [2.75, 3.05) is 5.48 Å². The summed E-state index contributed by atoms with van der Waals surface area (Å²) >= 11 is 0. The summed E-state index contributed by atoms with van der Waals surface area (Å²) in [6.07, 6.45) is 1.52. The van der Waals surface area contributed by atoms with E-state index < -0.39 is 0 Å². The highest BCUT2D eigenvalue weighted by molar-refractivity contribution is 5.40. The third-order valence-electron chi connectivity index (χ3n) is 1.49. The monoisotopic (exact) mass is 154 g/mol. The zero-order valence-electron chi connectivity index (χ0n) is 6.46. The van der Waals surface area contributed by atoms with Crippen LogP contribution in [0.5, 0.6) is 0 Å². The molecule has 0 fully saturated rings. The van der Waals surface area contributed by atoms with Gasteiger partial charge in [0.05, 0.1) is 5.69 Å². The summed E-state index contributed by atoms with van der Waals surface area (Å²) in [5.41, 5.74) is 3.05. The number of anilines is 1. The van der Waals surface area contributed by atoms with Crippen LogP contribution in [-0.4, -0.2) is 9.77 Å². The van der Waals surface area contributed by atoms with E-state index in [0.29, 0.717) is 11.3 Å². The van der Waals surface area contributed by atoms with Crippen molar-refractivity contribution in [3.05, 3.63) is 28.2 Å². The molecule has 0 aromatic carbocycles. The third kappa shape index (κ3) is 1.40. The molecule has 0 aliphatic carbocycles. The number of nitrogens with one attached hydrogen (secondary N) is 1. The van der Waals surface area contributed by atoms with Gasteiger partial charge in [-0.15, -0.1) is 0 Å². The standard InChI is InChI=1S/C7H10N2O2/c1-5-3-6(8-11)4-9(2)7(5)10/h3-4,8,11H,1-2H3. The van der Waals surface area contributed by atoms with Crippen LogP contribution in [0.2, 0.25) is 0 Å². The van der Waals surface area contributed by atoms with Crippen LogP contribution in [0, 0.1) is 6.92 Å². The van der Waals surface area contributed by atoms with Crippen LogP contribution in [0.25, 0.3) is 0 Å². The van der Waals surface area contributed by atoms with Gasteiger partial charge in [0.1, 0.15) is 0 Å². The highest BCUT2D eigenvalue weighted by Gasteiger charge is 1.97. The Labute approximate surface area is 64.1 Å². The first-order chi connectivity index (χ1) is 5.15. The zero-order chi connectivity index (χ0) is 8.43. The van der Waals surface area contributed by atoms with Crippen molar-refractivity contribution < 1.29 is 5.21 Å². The molecular formula is C7H10N2O2. The van der Waals surface area contributed by atoms with E-state index in [1.54, 1.807) is 20.0 Å². The first-order valence-corrected chi connectivity index (χ1v) is 3.22. The maximum atomic E-state index is 11.1. The molecule has 0 spiro atoms. The summed E-state index contributed by atoms with van der Waals surface area (Å²) in [5.74, 6) is 0. The minimum Gasteiger partial charge on any atom is -0.316 e. The number of hydrogen-bond donors (Lipinski definition) is 2. The molecule has 1 aromatic heterocycles. The van der Waals surface area contributed by atoms with Gasteiger partial charge in [-0.25, -0.2) is 0 Å². The molecule has 60 valence electrons. The van der Waals surface area contributed by atoms with Gasteiger partial charge < -0.3 is 4.57 Å². The van der Waals surface area contributed by atoms with Crippen molar-refractivity contribution in [3.63, 3.8) is 0 Å². The van der Waals surface area contributed by atoms with Crippen molar-refractivity contribution in [2.45, 2.75) is 6.92 Å². The van der Waals surface area contributed by atoms with E-state index in [9.17, 15) is 4.79 Å². The predicted octanol–water partition coefficient (Wildman–Crippen LogP) is 0.495. The van der Waals surface area contributed by atoms with E-state index in [-0.39, 0.29) is 5.56 Å². The number of aromatic nitrogens is 1. The number of aryl methyl sites for hydroxylation is 2. The molecule has 2 N–H and O–H groups in total. The first-order valence-electron chi connectivity index (χ1n) is 3.22. The Morgan fingerprint density at radius 3 is 2.73 bits per heavy atom. The van der Waals surface area contributed by atoms with Crippen LogP contribution in [0.4, 0.5) is 5.69 Å². The first kappa shape index (κ1) is 7.81. The van der Waals surface area contributed by atoms with Gasteiger partial charge in [0.2, 0.25) is 0 Å². The van der Waals surface area contributed by atoms with Gasteiger partial charge in [0, 0.05) is 18.8 Å². The van der Waals surface area contributed by atoms with Gasteiger partial charge in [-0.3, -0.25) is 15.5 Å². The molecular weight excluding hydrogens is 144 g/mol. The molecule has 4 heteroatoms. The molecule has 1 heterocycles. The molecule has 0 bridgehead atoms. The zero-order valence-corrected chi connectivity index (χ0v) is 6.46. The molecule has 1 rings (SSSR count). The van der Waals surface area contributed by atoms with Gasteiger partial charge in [-0.05, 0) is 13.0 Å². The van der Waals surface area contributed by atoms with Gasteiger partial charge in [0.15, 0.2) is 0 Å². The van der Waals surface area contributed by atoms with Crippen molar-refractivity contribution in [1.82, 2.24) is 4.57 Å². The lowest BCUT2D eigenvalue weighted by Gasteiger charge is -2.02. The van der Waals surface area contributed by atoms with Gasteiger partial charge in [0.25, 0.3) is 5.56 Å². The molecule has 0 aliphatic heterocycles. The normalized spacial score (nSPS) is 9.73. The molecule has 0 unspecified atom stereocenters. The van der Waals surface area contributed by atoms with E-state index in [1.807, 2.05) is 5.48 Å². The van der Waals surface area contributed by atoms with Crippen molar-refractivity contribution >= 4 is 5.69 Å². The van der Waals surface area contributed by atoms with Crippen LogP contribution in [0.1, 0.15) is 5.56 Å². The second-order valence-corrected chi connectivity index (χ2v) is 2.44. The maximum Gasteiger partial charge on any atom is 0.253 e. The van der Waals surface area contributed by atoms with Crippen LogP contribution in [-0.2, 0) is 7.05 Å². The average Bonchev–Trinajstić information content (AvgIpc) is 1.99. The average molecular weight is 154 g/mol. The second kappa shape index (κ2) is 2.75. The largest absolute Gasteiger partial charge is 0.316 e. The molecule has 0 amide bonds. The predicted molar refractivity (Wildman–Crippen MR) is 41.8 cm³/mol. The Balaban J connectivity index is 3.32. The molecule has 0 saturated heterocycles. The lowest BCUT2D eigenvalue weighted by atomic mass is 10.3. The smallest absolute Gasteiger partial charge is 0.253 e. The minimum atomic E-state index is -0.0519. The van der Waals surface area contributed by atoms with Crippen molar-refractivity contribution in [2.24, 2.45) is 7.05 Å². The topological polar surface area (TPSA) is 54.3 Å². The van der Waals surface area contributed by atoms with Crippen LogP contribution < -0.4 is 11.0 Å². The summed E-state index contributed by atoms with van der Waals surface area (Å²) in [6, 6.07) is 1.59. The van der Waals surface area contributed by atoms with E-state index >= 15 is 0 Å². The van der Waals surface area contributed by atoms with Crippen LogP contribution in [0.15, 0.2) is 17.1 Å². The maximum absolute atomic E-state index is 11.1. The number of hydrogen-bond acceptors (Lipinski definition) is 3. The quantitative estimate of drug-likeness (QED) is 0.579. The van der Waals surface area contributed by atoms with E-state index in [1.165, 1.54) is 10.8 Å². The number of rotatable bonds is 1. The summed E-state index contributed by atoms with van der Waals surface area (Å²) in [6.45, 7) is 1.70. The Bertz CT molecular complexity index is 290. The Morgan fingerprint density at radius 1 is 1.64 bits per heavy atom. The van der Waals surface area contributed by atoms with Crippen LogP contribution >= 0.6 is 0 Å². The fourth-order valence-corrected chi connectivity index (χ4v) is 0.939. The number of nitrogens with zero attached hydrogens (tertiary/aromatic N) is 1. The highest BCUT2D eigenvalue weighted by atomic mass is 16.5. The molecule has 0 atom stereocenters. The van der Waals surface area contributed by atoms with E-state index in [4.69, 9.17) is 5.21 Å². The highest BCUT2D eigenvalue weighted by Crippen LogP contribution is 2.03. The molecule has 1 aromatic rings. The minimum absolute atomic E-state index is 0.0519. The third-order valence-corrected chi connectivity index (χ3v) is 1.49. The second-order valence-electron chi connectivity index (χ2n) is 2.44. The lowest BCUT2D eigenvalue weighted by Crippen LogP contribution is -2.18. The van der Waals surface area contributed by atoms with E-state index in [0.717, 1.165) is 0 Å². The van der Waals surface area contributed by atoms with Crippen molar-refractivity contribution in [1.29, 1.82) is 0 Å².